The maximum absolute atomic E-state index is 13.0. The molecule has 0 bridgehead atoms. The summed E-state index contributed by atoms with van der Waals surface area (Å²) in [6, 6.07) is 0. The van der Waals surface area contributed by atoms with E-state index in [1.54, 1.807) is 0 Å². The van der Waals surface area contributed by atoms with Gasteiger partial charge in [-0.3, -0.25) is 4.79 Å². The van der Waals surface area contributed by atoms with E-state index >= 15 is 0 Å². The highest BCUT2D eigenvalue weighted by Crippen LogP contribution is 2.35. The number of nitrogens with zero attached hydrogens (tertiary/aromatic N) is 3. The average molecular weight is 374 g/mol. The third-order valence-electron chi connectivity index (χ3n) is 5.42. The third-order valence-corrected chi connectivity index (χ3v) is 6.74. The zero-order valence-corrected chi connectivity index (χ0v) is 16.7. The van der Waals surface area contributed by atoms with Gasteiger partial charge in [-0.15, -0.1) is 11.3 Å². The van der Waals surface area contributed by atoms with Crippen molar-refractivity contribution in [1.29, 1.82) is 0 Å². The van der Waals surface area contributed by atoms with E-state index in [9.17, 15) is 4.79 Å². The molecule has 3 heterocycles. The first-order valence-corrected chi connectivity index (χ1v) is 10.6. The van der Waals surface area contributed by atoms with Crippen LogP contribution >= 0.6 is 11.3 Å². The predicted octanol–water partition coefficient (Wildman–Crippen LogP) is 4.46. The maximum atomic E-state index is 13.0. The smallest absolute Gasteiger partial charge is 0.291 e. The second-order valence-corrected chi connectivity index (χ2v) is 8.96. The van der Waals surface area contributed by atoms with E-state index in [1.165, 1.54) is 34.8 Å². The normalized spacial score (nSPS) is 20.5. The molecule has 1 aliphatic heterocycles. The fourth-order valence-corrected chi connectivity index (χ4v) is 5.20. The Morgan fingerprint density at radius 3 is 2.77 bits per heavy atom. The van der Waals surface area contributed by atoms with E-state index in [4.69, 9.17) is 9.40 Å². The van der Waals surface area contributed by atoms with Crippen LogP contribution in [-0.2, 0) is 12.8 Å². The molecule has 2 aromatic heterocycles. The van der Waals surface area contributed by atoms with Gasteiger partial charge in [-0.2, -0.15) is 0 Å². The van der Waals surface area contributed by atoms with Crippen LogP contribution < -0.4 is 0 Å². The number of aryl methyl sites for hydroxylation is 3. The number of hydrogen-bond acceptors (Lipinski definition) is 5. The number of likely N-dealkylation sites (tertiary alicyclic amines) is 1. The molecule has 140 valence electrons. The van der Waals surface area contributed by atoms with Crippen molar-refractivity contribution in [3.63, 3.8) is 0 Å². The molecule has 1 unspecified atom stereocenters. The standard InChI is InChI=1S/C20H27N3O2S/c1-12(2)18-21-13(3)17(25-18)20(24)23-10-6-7-14(11-23)19-22-15-8-4-5-9-16(15)26-19/h12,14H,4-11H2,1-3H3. The van der Waals surface area contributed by atoms with Crippen molar-refractivity contribution in [2.45, 2.75) is 71.1 Å². The average Bonchev–Trinajstić information content (AvgIpc) is 3.25. The Hall–Kier alpha value is -1.69. The summed E-state index contributed by atoms with van der Waals surface area (Å²) in [7, 11) is 0. The molecule has 2 aliphatic rings. The molecule has 2 aromatic rings. The molecule has 0 spiro atoms. The van der Waals surface area contributed by atoms with Crippen LogP contribution in [0.15, 0.2) is 4.42 Å². The molecule has 1 atom stereocenters. The summed E-state index contributed by atoms with van der Waals surface area (Å²) < 4.78 is 5.78. The van der Waals surface area contributed by atoms with Crippen LogP contribution in [0.2, 0.25) is 0 Å². The number of amides is 1. The van der Waals surface area contributed by atoms with Crippen molar-refractivity contribution in [1.82, 2.24) is 14.9 Å². The van der Waals surface area contributed by atoms with E-state index in [-0.39, 0.29) is 11.8 Å². The van der Waals surface area contributed by atoms with Gasteiger partial charge in [-0.1, -0.05) is 13.8 Å². The molecular formula is C20H27N3O2S. The van der Waals surface area contributed by atoms with E-state index in [0.29, 0.717) is 23.3 Å². The van der Waals surface area contributed by atoms with Gasteiger partial charge in [0, 0.05) is 29.8 Å². The van der Waals surface area contributed by atoms with Crippen LogP contribution in [0.3, 0.4) is 0 Å². The monoisotopic (exact) mass is 373 g/mol. The van der Waals surface area contributed by atoms with Gasteiger partial charge >= 0.3 is 0 Å². The van der Waals surface area contributed by atoms with Gasteiger partial charge in [-0.05, 0) is 45.4 Å². The number of carbonyl (C=O) groups excluding carboxylic acids is 1. The highest BCUT2D eigenvalue weighted by atomic mass is 32.1. The lowest BCUT2D eigenvalue weighted by Gasteiger charge is -2.31. The Morgan fingerprint density at radius 1 is 1.23 bits per heavy atom. The molecule has 0 radical (unpaired) electrons. The van der Waals surface area contributed by atoms with Crippen LogP contribution in [0, 0.1) is 6.92 Å². The number of fused-ring (bicyclic) bond motifs is 1. The van der Waals surface area contributed by atoms with Crippen LogP contribution in [0.25, 0.3) is 0 Å². The van der Waals surface area contributed by atoms with Crippen molar-refractivity contribution in [2.24, 2.45) is 0 Å². The van der Waals surface area contributed by atoms with Crippen LogP contribution in [-0.4, -0.2) is 33.9 Å². The summed E-state index contributed by atoms with van der Waals surface area (Å²) in [5.74, 6) is 1.58. The summed E-state index contributed by atoms with van der Waals surface area (Å²) in [4.78, 5) is 25.8. The fraction of sp³-hybridized carbons (Fsp3) is 0.650. The number of carbonyl (C=O) groups is 1. The first kappa shape index (κ1) is 17.7. The summed E-state index contributed by atoms with van der Waals surface area (Å²) in [6.45, 7) is 7.44. The number of aromatic nitrogens is 2. The Morgan fingerprint density at radius 2 is 2.04 bits per heavy atom. The van der Waals surface area contributed by atoms with E-state index in [0.717, 1.165) is 32.4 Å². The molecule has 1 aliphatic carbocycles. The molecule has 26 heavy (non-hydrogen) atoms. The molecule has 4 rings (SSSR count). The Bertz CT molecular complexity index is 785. The molecule has 0 N–H and O–H groups in total. The number of thiazole rings is 1. The lowest BCUT2D eigenvalue weighted by atomic mass is 9.98. The summed E-state index contributed by atoms with van der Waals surface area (Å²) in [6.07, 6.45) is 6.98. The first-order chi connectivity index (χ1) is 12.5. The van der Waals surface area contributed by atoms with Gasteiger partial charge in [0.25, 0.3) is 5.91 Å². The highest BCUT2D eigenvalue weighted by molar-refractivity contribution is 7.11. The maximum Gasteiger partial charge on any atom is 0.291 e. The van der Waals surface area contributed by atoms with Crippen molar-refractivity contribution >= 4 is 17.2 Å². The van der Waals surface area contributed by atoms with Crippen LogP contribution in [0.4, 0.5) is 0 Å². The lowest BCUT2D eigenvalue weighted by molar-refractivity contribution is 0.0671. The minimum absolute atomic E-state index is 0.0204. The van der Waals surface area contributed by atoms with Crippen LogP contribution in [0.1, 0.15) is 89.1 Å². The van der Waals surface area contributed by atoms with Gasteiger partial charge < -0.3 is 9.32 Å². The molecule has 1 amide bonds. The molecule has 6 heteroatoms. The van der Waals surface area contributed by atoms with Gasteiger partial charge in [0.15, 0.2) is 5.89 Å². The second kappa shape index (κ2) is 7.14. The van der Waals surface area contributed by atoms with Crippen LogP contribution in [0.5, 0.6) is 0 Å². The van der Waals surface area contributed by atoms with E-state index in [2.05, 4.69) is 4.98 Å². The molecular weight excluding hydrogens is 346 g/mol. The topological polar surface area (TPSA) is 59.2 Å². The van der Waals surface area contributed by atoms with E-state index in [1.807, 2.05) is 37.0 Å². The SMILES string of the molecule is Cc1nc(C(C)C)oc1C(=O)N1CCCC(c2nc3c(s2)CCCC3)C1. The first-order valence-electron chi connectivity index (χ1n) is 9.78. The number of piperidine rings is 1. The largest absolute Gasteiger partial charge is 0.435 e. The van der Waals surface area contributed by atoms with Crippen molar-refractivity contribution in [2.75, 3.05) is 13.1 Å². The lowest BCUT2D eigenvalue weighted by Crippen LogP contribution is -2.39. The summed E-state index contributed by atoms with van der Waals surface area (Å²) in [5, 5.41) is 1.23. The van der Waals surface area contributed by atoms with Crippen molar-refractivity contribution in [3.05, 3.63) is 32.9 Å². The summed E-state index contributed by atoms with van der Waals surface area (Å²) in [5.41, 5.74) is 2.01. The fourth-order valence-electron chi connectivity index (χ4n) is 3.92. The van der Waals surface area contributed by atoms with Gasteiger partial charge in [0.05, 0.1) is 16.4 Å². The number of rotatable bonds is 3. The zero-order chi connectivity index (χ0) is 18.3. The molecule has 1 saturated heterocycles. The Labute approximate surface area is 158 Å². The number of hydrogen-bond donors (Lipinski definition) is 0. The molecule has 0 aromatic carbocycles. The Kier molecular flexibility index (Phi) is 4.86. The zero-order valence-electron chi connectivity index (χ0n) is 15.9. The van der Waals surface area contributed by atoms with Gasteiger partial charge in [0.1, 0.15) is 0 Å². The predicted molar refractivity (Wildman–Crippen MR) is 102 cm³/mol. The van der Waals surface area contributed by atoms with E-state index < -0.39 is 0 Å². The van der Waals surface area contributed by atoms with Gasteiger partial charge in [-0.25, -0.2) is 9.97 Å². The third kappa shape index (κ3) is 3.31. The quantitative estimate of drug-likeness (QED) is 0.797. The minimum Gasteiger partial charge on any atom is -0.435 e. The Balaban J connectivity index is 1.51. The van der Waals surface area contributed by atoms with Crippen molar-refractivity contribution in [3.8, 4) is 0 Å². The second-order valence-electron chi connectivity index (χ2n) is 7.84. The highest BCUT2D eigenvalue weighted by Gasteiger charge is 2.31. The summed E-state index contributed by atoms with van der Waals surface area (Å²) >= 11 is 1.88. The molecule has 0 saturated carbocycles. The van der Waals surface area contributed by atoms with Gasteiger partial charge in [0.2, 0.25) is 5.76 Å². The molecule has 1 fully saturated rings. The number of oxazole rings is 1. The minimum atomic E-state index is -0.0204. The molecule has 5 nitrogen and oxygen atoms in total. The van der Waals surface area contributed by atoms with Crippen molar-refractivity contribution < 1.29 is 9.21 Å².